The second kappa shape index (κ2) is 9.16. The fourth-order valence-electron chi connectivity index (χ4n) is 2.35. The van der Waals surface area contributed by atoms with Crippen LogP contribution in [0.4, 0.5) is 5.00 Å². The van der Waals surface area contributed by atoms with Gasteiger partial charge in [-0.2, -0.15) is 0 Å². The predicted octanol–water partition coefficient (Wildman–Crippen LogP) is 1.86. The molecule has 0 saturated carbocycles. The molecule has 11 heteroatoms. The smallest absolute Gasteiger partial charge is 0.341 e. The number of aryl methyl sites for hydroxylation is 1. The number of ether oxygens (including phenoxy) is 2. The van der Waals surface area contributed by atoms with E-state index in [1.807, 2.05) is 0 Å². The molecule has 156 valence electrons. The third-order valence-electron chi connectivity index (χ3n) is 4.01. The lowest BCUT2D eigenvalue weighted by Gasteiger charge is -2.08. The lowest BCUT2D eigenvalue weighted by molar-refractivity contribution is -0.119. The van der Waals surface area contributed by atoms with Gasteiger partial charge >= 0.3 is 11.9 Å². The lowest BCUT2D eigenvalue weighted by Crippen LogP contribution is -2.22. The van der Waals surface area contributed by atoms with Crippen LogP contribution in [-0.2, 0) is 24.3 Å². The van der Waals surface area contributed by atoms with Crippen molar-refractivity contribution in [3.05, 3.63) is 45.8 Å². The highest BCUT2D eigenvalue weighted by Gasteiger charge is 2.22. The zero-order valence-corrected chi connectivity index (χ0v) is 17.8. The molecule has 0 aliphatic rings. The molecular weight excluding hydrogens is 420 g/mol. The standard InChI is InChI=1S/C18H20N2O7S2/c1-10-11(2)28-16(15(10)18(23)26-4)20-14(21)9-27-17(22)12-6-5-7-13(8-12)29(24,25)19-3/h5-8,19H,9H2,1-4H3,(H,20,21). The van der Waals surface area contributed by atoms with E-state index in [1.165, 1.54) is 43.7 Å². The molecule has 0 atom stereocenters. The Balaban J connectivity index is 2.07. The molecule has 29 heavy (non-hydrogen) atoms. The predicted molar refractivity (Wildman–Crippen MR) is 107 cm³/mol. The number of carbonyl (C=O) groups excluding carboxylic acids is 3. The number of benzene rings is 1. The van der Waals surface area contributed by atoms with Crippen LogP contribution in [0.3, 0.4) is 0 Å². The Hall–Kier alpha value is -2.76. The number of anilines is 1. The van der Waals surface area contributed by atoms with Crippen LogP contribution in [0.1, 0.15) is 31.2 Å². The minimum Gasteiger partial charge on any atom is -0.465 e. The van der Waals surface area contributed by atoms with Crippen LogP contribution >= 0.6 is 11.3 Å². The fourth-order valence-corrected chi connectivity index (χ4v) is 4.19. The Labute approximate surface area is 172 Å². The topological polar surface area (TPSA) is 128 Å². The van der Waals surface area contributed by atoms with Crippen molar-refractivity contribution in [3.63, 3.8) is 0 Å². The van der Waals surface area contributed by atoms with Crippen molar-refractivity contribution in [2.24, 2.45) is 0 Å². The molecule has 0 unspecified atom stereocenters. The Morgan fingerprint density at radius 2 is 1.83 bits per heavy atom. The molecule has 1 heterocycles. The largest absolute Gasteiger partial charge is 0.465 e. The van der Waals surface area contributed by atoms with Crippen LogP contribution in [-0.4, -0.2) is 47.0 Å². The van der Waals surface area contributed by atoms with E-state index in [-0.39, 0.29) is 16.0 Å². The molecule has 0 bridgehead atoms. The Morgan fingerprint density at radius 3 is 2.45 bits per heavy atom. The number of methoxy groups -OCH3 is 1. The maximum atomic E-state index is 12.2. The first-order valence-corrected chi connectivity index (χ1v) is 10.6. The van der Waals surface area contributed by atoms with Gasteiger partial charge in [-0.25, -0.2) is 22.7 Å². The van der Waals surface area contributed by atoms with E-state index in [0.29, 0.717) is 10.6 Å². The quantitative estimate of drug-likeness (QED) is 0.629. The minimum absolute atomic E-state index is 0.0211. The molecule has 1 amide bonds. The van der Waals surface area contributed by atoms with E-state index in [2.05, 4.69) is 10.0 Å². The third kappa shape index (κ3) is 5.19. The number of amides is 1. The van der Waals surface area contributed by atoms with Gasteiger partial charge in [-0.15, -0.1) is 11.3 Å². The molecule has 0 saturated heterocycles. The summed E-state index contributed by atoms with van der Waals surface area (Å²) in [5.41, 5.74) is 0.920. The van der Waals surface area contributed by atoms with Crippen molar-refractivity contribution in [2.45, 2.75) is 18.7 Å². The second-order valence-corrected chi connectivity index (χ2v) is 8.95. The highest BCUT2D eigenvalue weighted by molar-refractivity contribution is 7.89. The van der Waals surface area contributed by atoms with E-state index in [0.717, 1.165) is 10.9 Å². The maximum Gasteiger partial charge on any atom is 0.341 e. The van der Waals surface area contributed by atoms with Crippen molar-refractivity contribution >= 4 is 44.2 Å². The number of carbonyl (C=O) groups is 3. The first-order chi connectivity index (χ1) is 13.6. The average molecular weight is 440 g/mol. The van der Waals surface area contributed by atoms with Crippen molar-refractivity contribution in [3.8, 4) is 0 Å². The summed E-state index contributed by atoms with van der Waals surface area (Å²) in [5, 5.41) is 2.84. The Kier molecular flexibility index (Phi) is 7.11. The van der Waals surface area contributed by atoms with Crippen LogP contribution in [0.5, 0.6) is 0 Å². The van der Waals surface area contributed by atoms with Gasteiger partial charge in [0.15, 0.2) is 6.61 Å². The summed E-state index contributed by atoms with van der Waals surface area (Å²) in [7, 11) is -1.23. The summed E-state index contributed by atoms with van der Waals surface area (Å²) in [6.45, 7) is 2.92. The van der Waals surface area contributed by atoms with Crippen LogP contribution in [0.15, 0.2) is 29.2 Å². The molecule has 2 rings (SSSR count). The van der Waals surface area contributed by atoms with Crippen molar-refractivity contribution in [2.75, 3.05) is 26.1 Å². The Morgan fingerprint density at radius 1 is 1.14 bits per heavy atom. The van der Waals surface area contributed by atoms with Gasteiger partial charge in [0, 0.05) is 4.88 Å². The van der Waals surface area contributed by atoms with Gasteiger partial charge in [-0.05, 0) is 44.7 Å². The lowest BCUT2D eigenvalue weighted by atomic mass is 10.1. The summed E-state index contributed by atoms with van der Waals surface area (Å²) in [4.78, 5) is 37.0. The monoisotopic (exact) mass is 440 g/mol. The van der Waals surface area contributed by atoms with Gasteiger partial charge in [0.1, 0.15) is 5.00 Å². The highest BCUT2D eigenvalue weighted by Crippen LogP contribution is 2.32. The second-order valence-electron chi connectivity index (χ2n) is 5.84. The van der Waals surface area contributed by atoms with E-state index < -0.39 is 34.5 Å². The molecule has 0 aliphatic heterocycles. The van der Waals surface area contributed by atoms with Crippen LogP contribution in [0.2, 0.25) is 0 Å². The summed E-state index contributed by atoms with van der Waals surface area (Å²) >= 11 is 1.20. The zero-order chi connectivity index (χ0) is 21.8. The number of sulfonamides is 1. The molecular formula is C18H20N2O7S2. The Bertz CT molecular complexity index is 1060. The van der Waals surface area contributed by atoms with Gasteiger partial charge in [0.2, 0.25) is 10.0 Å². The summed E-state index contributed by atoms with van der Waals surface area (Å²) in [6, 6.07) is 5.23. The van der Waals surface area contributed by atoms with Crippen molar-refractivity contribution in [1.29, 1.82) is 0 Å². The molecule has 0 fully saturated rings. The van der Waals surface area contributed by atoms with E-state index in [9.17, 15) is 22.8 Å². The molecule has 0 radical (unpaired) electrons. The SMILES string of the molecule is CNS(=O)(=O)c1cccc(C(=O)OCC(=O)Nc2sc(C)c(C)c2C(=O)OC)c1. The van der Waals surface area contributed by atoms with Gasteiger partial charge in [0.05, 0.1) is 23.1 Å². The number of hydrogen-bond acceptors (Lipinski definition) is 8. The van der Waals surface area contributed by atoms with Crippen LogP contribution < -0.4 is 10.0 Å². The summed E-state index contributed by atoms with van der Waals surface area (Å²) < 4.78 is 35.5. The van der Waals surface area contributed by atoms with Gasteiger partial charge < -0.3 is 14.8 Å². The molecule has 1 aromatic carbocycles. The van der Waals surface area contributed by atoms with Gasteiger partial charge in [-0.3, -0.25) is 4.79 Å². The maximum absolute atomic E-state index is 12.2. The molecule has 0 aliphatic carbocycles. The summed E-state index contributed by atoms with van der Waals surface area (Å²) in [6.07, 6.45) is 0. The van der Waals surface area contributed by atoms with Crippen molar-refractivity contribution in [1.82, 2.24) is 4.72 Å². The van der Waals surface area contributed by atoms with Crippen molar-refractivity contribution < 1.29 is 32.3 Å². The number of rotatable bonds is 7. The zero-order valence-electron chi connectivity index (χ0n) is 16.2. The van der Waals surface area contributed by atoms with Crippen LogP contribution in [0, 0.1) is 13.8 Å². The van der Waals surface area contributed by atoms with E-state index in [4.69, 9.17) is 9.47 Å². The fraction of sp³-hybridized carbons (Fsp3) is 0.278. The molecule has 2 N–H and O–H groups in total. The van der Waals surface area contributed by atoms with Gasteiger partial charge in [-0.1, -0.05) is 6.07 Å². The third-order valence-corrected chi connectivity index (χ3v) is 6.55. The number of esters is 2. The molecule has 9 nitrogen and oxygen atoms in total. The van der Waals surface area contributed by atoms with E-state index in [1.54, 1.807) is 13.8 Å². The molecule has 1 aromatic heterocycles. The first kappa shape index (κ1) is 22.5. The normalized spacial score (nSPS) is 11.0. The summed E-state index contributed by atoms with van der Waals surface area (Å²) in [5.74, 6) is -2.09. The number of hydrogen-bond donors (Lipinski definition) is 2. The van der Waals surface area contributed by atoms with Crippen LogP contribution in [0.25, 0.3) is 0 Å². The minimum atomic E-state index is -3.72. The highest BCUT2D eigenvalue weighted by atomic mass is 32.2. The van der Waals surface area contributed by atoms with Gasteiger partial charge in [0.25, 0.3) is 5.91 Å². The average Bonchev–Trinajstić information content (AvgIpc) is 2.98. The van der Waals surface area contributed by atoms with E-state index >= 15 is 0 Å². The number of nitrogens with one attached hydrogen (secondary N) is 2. The number of thiophene rings is 1. The molecule has 0 spiro atoms. The molecule has 2 aromatic rings. The first-order valence-electron chi connectivity index (χ1n) is 8.29.